The molecule has 7 heteroatoms. The Balaban J connectivity index is 2.30. The molecule has 0 heterocycles. The molecule has 0 aliphatic heterocycles. The molecule has 5 nitrogen and oxygen atoms in total. The number of carbonyl (C=O) groups is 1. The lowest BCUT2D eigenvalue weighted by molar-refractivity contribution is 0.102. The fourth-order valence-electron chi connectivity index (χ4n) is 1.88. The number of anilines is 2. The van der Waals surface area contributed by atoms with Gasteiger partial charge in [0, 0.05) is 0 Å². The van der Waals surface area contributed by atoms with Crippen molar-refractivity contribution in [2.24, 2.45) is 0 Å². The highest BCUT2D eigenvalue weighted by molar-refractivity contribution is 7.92. The van der Waals surface area contributed by atoms with Gasteiger partial charge < -0.3 is 5.32 Å². The topological polar surface area (TPSA) is 75.3 Å². The van der Waals surface area contributed by atoms with Gasteiger partial charge in [0.2, 0.25) is 10.0 Å². The maximum absolute atomic E-state index is 13.8. The summed E-state index contributed by atoms with van der Waals surface area (Å²) < 4.78 is 38.7. The first-order valence-corrected chi connectivity index (χ1v) is 8.30. The average Bonchev–Trinajstić information content (AvgIpc) is 2.40. The number of carbonyl (C=O) groups excluding carboxylic acids is 1. The van der Waals surface area contributed by atoms with E-state index in [1.54, 1.807) is 25.1 Å². The Morgan fingerprint density at radius 1 is 1.09 bits per heavy atom. The van der Waals surface area contributed by atoms with Crippen LogP contribution in [0.15, 0.2) is 42.5 Å². The van der Waals surface area contributed by atoms with Crippen LogP contribution in [0.2, 0.25) is 0 Å². The van der Waals surface area contributed by atoms with Crippen molar-refractivity contribution in [3.8, 4) is 0 Å². The third-order valence-corrected chi connectivity index (χ3v) is 3.43. The smallest absolute Gasteiger partial charge is 0.257 e. The third-order valence-electron chi connectivity index (χ3n) is 2.84. The summed E-state index contributed by atoms with van der Waals surface area (Å²) in [6.45, 7) is 1.74. The van der Waals surface area contributed by atoms with E-state index in [2.05, 4.69) is 10.0 Å². The molecular weight excluding hydrogens is 307 g/mol. The van der Waals surface area contributed by atoms with Crippen LogP contribution in [0.1, 0.15) is 15.9 Å². The van der Waals surface area contributed by atoms with Crippen LogP contribution >= 0.6 is 0 Å². The minimum absolute atomic E-state index is 0.0322. The molecule has 1 amide bonds. The number of nitrogens with one attached hydrogen (secondary N) is 2. The van der Waals surface area contributed by atoms with E-state index >= 15 is 0 Å². The van der Waals surface area contributed by atoms with Gasteiger partial charge in [0.25, 0.3) is 5.91 Å². The fraction of sp³-hybridized carbons (Fsp3) is 0.133. The second-order valence-electron chi connectivity index (χ2n) is 4.86. The van der Waals surface area contributed by atoms with Crippen molar-refractivity contribution < 1.29 is 17.6 Å². The number of halogens is 1. The Morgan fingerprint density at radius 2 is 1.77 bits per heavy atom. The van der Waals surface area contributed by atoms with Gasteiger partial charge >= 0.3 is 0 Å². The standard InChI is InChI=1S/C15H15FN2O3S/c1-10-7-8-14(12(16)9-10)17-15(19)11-5-3-4-6-13(11)18-22(2,20)21/h3-9,18H,1-2H3,(H,17,19). The molecule has 22 heavy (non-hydrogen) atoms. The molecular formula is C15H15FN2O3S. The van der Waals surface area contributed by atoms with E-state index < -0.39 is 21.7 Å². The maximum Gasteiger partial charge on any atom is 0.257 e. The maximum atomic E-state index is 13.8. The van der Waals surface area contributed by atoms with Gasteiger partial charge in [-0.15, -0.1) is 0 Å². The Labute approximate surface area is 128 Å². The van der Waals surface area contributed by atoms with Crippen LogP contribution in [0.25, 0.3) is 0 Å². The van der Waals surface area contributed by atoms with E-state index in [4.69, 9.17) is 0 Å². The van der Waals surface area contributed by atoms with Crippen LogP contribution < -0.4 is 10.0 Å². The summed E-state index contributed by atoms with van der Waals surface area (Å²) in [6, 6.07) is 10.5. The molecule has 2 rings (SSSR count). The minimum Gasteiger partial charge on any atom is -0.319 e. The molecule has 0 aromatic heterocycles. The zero-order valence-corrected chi connectivity index (χ0v) is 12.9. The van der Waals surface area contributed by atoms with Gasteiger partial charge in [-0.05, 0) is 36.8 Å². The molecule has 0 aliphatic rings. The summed E-state index contributed by atoms with van der Waals surface area (Å²) in [7, 11) is -3.52. The molecule has 2 aromatic rings. The molecule has 2 N–H and O–H groups in total. The van der Waals surface area contributed by atoms with Gasteiger partial charge in [0.05, 0.1) is 23.2 Å². The van der Waals surface area contributed by atoms with E-state index in [1.165, 1.54) is 24.3 Å². The van der Waals surface area contributed by atoms with Gasteiger partial charge in [-0.1, -0.05) is 18.2 Å². The number of hydrogen-bond acceptors (Lipinski definition) is 3. The van der Waals surface area contributed by atoms with Gasteiger partial charge in [-0.2, -0.15) is 0 Å². The third kappa shape index (κ3) is 4.05. The highest BCUT2D eigenvalue weighted by Gasteiger charge is 2.15. The first kappa shape index (κ1) is 16.0. The lowest BCUT2D eigenvalue weighted by Crippen LogP contribution is -2.18. The van der Waals surface area contributed by atoms with Crippen molar-refractivity contribution in [2.75, 3.05) is 16.3 Å². The van der Waals surface area contributed by atoms with Crippen LogP contribution in [0.5, 0.6) is 0 Å². The molecule has 0 spiro atoms. The summed E-state index contributed by atoms with van der Waals surface area (Å²) in [6.07, 6.45) is 0.987. The summed E-state index contributed by atoms with van der Waals surface area (Å²) in [5, 5.41) is 2.43. The zero-order valence-electron chi connectivity index (χ0n) is 12.1. The van der Waals surface area contributed by atoms with Crippen molar-refractivity contribution >= 4 is 27.3 Å². The Hall–Kier alpha value is -2.41. The van der Waals surface area contributed by atoms with Crippen LogP contribution in [0, 0.1) is 12.7 Å². The molecule has 0 bridgehead atoms. The zero-order chi connectivity index (χ0) is 16.3. The number of benzene rings is 2. The summed E-state index contributed by atoms with van der Waals surface area (Å²) >= 11 is 0. The van der Waals surface area contributed by atoms with E-state index in [0.717, 1.165) is 11.8 Å². The number of hydrogen-bond donors (Lipinski definition) is 2. The second-order valence-corrected chi connectivity index (χ2v) is 6.61. The highest BCUT2D eigenvalue weighted by atomic mass is 32.2. The van der Waals surface area contributed by atoms with E-state index in [1.807, 2.05) is 0 Å². The molecule has 0 saturated heterocycles. The normalized spacial score (nSPS) is 11.0. The SMILES string of the molecule is Cc1ccc(NC(=O)c2ccccc2NS(C)(=O)=O)c(F)c1. The van der Waals surface area contributed by atoms with Crippen LogP contribution in [0.4, 0.5) is 15.8 Å². The molecule has 0 radical (unpaired) electrons. The van der Waals surface area contributed by atoms with Crippen molar-refractivity contribution in [3.63, 3.8) is 0 Å². The van der Waals surface area contributed by atoms with Crippen molar-refractivity contribution in [2.45, 2.75) is 6.92 Å². The molecule has 0 unspecified atom stereocenters. The first-order valence-electron chi connectivity index (χ1n) is 6.40. The Kier molecular flexibility index (Phi) is 4.46. The Bertz CT molecular complexity index is 819. The number of para-hydroxylation sites is 1. The quantitative estimate of drug-likeness (QED) is 0.909. The molecule has 0 aliphatic carbocycles. The predicted molar refractivity (Wildman–Crippen MR) is 84.0 cm³/mol. The van der Waals surface area contributed by atoms with Crippen molar-refractivity contribution in [1.82, 2.24) is 0 Å². The highest BCUT2D eigenvalue weighted by Crippen LogP contribution is 2.20. The summed E-state index contributed by atoms with van der Waals surface area (Å²) in [5.74, 6) is -1.16. The van der Waals surface area contributed by atoms with Crippen molar-refractivity contribution in [3.05, 3.63) is 59.4 Å². The molecule has 0 fully saturated rings. The first-order chi connectivity index (χ1) is 10.3. The molecule has 116 valence electrons. The second kappa shape index (κ2) is 6.15. The van der Waals surface area contributed by atoms with E-state index in [0.29, 0.717) is 0 Å². The van der Waals surface area contributed by atoms with Crippen LogP contribution in [0.3, 0.4) is 0 Å². The number of rotatable bonds is 4. The van der Waals surface area contributed by atoms with Gasteiger partial charge in [-0.25, -0.2) is 12.8 Å². The minimum atomic E-state index is -3.52. The van der Waals surface area contributed by atoms with Gasteiger partial charge in [0.1, 0.15) is 5.82 Å². The largest absolute Gasteiger partial charge is 0.319 e. The average molecular weight is 322 g/mol. The van der Waals surface area contributed by atoms with Crippen LogP contribution in [-0.2, 0) is 10.0 Å². The lowest BCUT2D eigenvalue weighted by Gasteiger charge is -2.11. The molecule has 2 aromatic carbocycles. The van der Waals surface area contributed by atoms with Gasteiger partial charge in [-0.3, -0.25) is 9.52 Å². The fourth-order valence-corrected chi connectivity index (χ4v) is 2.46. The summed E-state index contributed by atoms with van der Waals surface area (Å²) in [4.78, 5) is 12.2. The predicted octanol–water partition coefficient (Wildman–Crippen LogP) is 2.76. The van der Waals surface area contributed by atoms with E-state index in [9.17, 15) is 17.6 Å². The molecule has 0 atom stereocenters. The van der Waals surface area contributed by atoms with Gasteiger partial charge in [0.15, 0.2) is 0 Å². The number of amides is 1. The Morgan fingerprint density at radius 3 is 2.41 bits per heavy atom. The monoisotopic (exact) mass is 322 g/mol. The molecule has 0 saturated carbocycles. The number of aryl methyl sites for hydroxylation is 1. The van der Waals surface area contributed by atoms with Crippen molar-refractivity contribution in [1.29, 1.82) is 0 Å². The van der Waals surface area contributed by atoms with Crippen LogP contribution in [-0.4, -0.2) is 20.6 Å². The lowest BCUT2D eigenvalue weighted by atomic mass is 10.1. The number of sulfonamides is 1. The van der Waals surface area contributed by atoms with E-state index in [-0.39, 0.29) is 16.9 Å². The summed E-state index contributed by atoms with van der Waals surface area (Å²) in [5.41, 5.74) is 1.00.